The molecule has 0 radical (unpaired) electrons. The highest BCUT2D eigenvalue weighted by atomic mass is 32.1. The van der Waals surface area contributed by atoms with E-state index in [9.17, 15) is 9.59 Å². The molecule has 3 heterocycles. The Hall–Kier alpha value is -2.06. The van der Waals surface area contributed by atoms with Crippen molar-refractivity contribution in [1.29, 1.82) is 0 Å². The first kappa shape index (κ1) is 30.9. The van der Waals surface area contributed by atoms with Crippen molar-refractivity contribution in [1.82, 2.24) is 25.3 Å². The van der Waals surface area contributed by atoms with Crippen LogP contribution in [0.25, 0.3) is 0 Å². The van der Waals surface area contributed by atoms with Crippen LogP contribution in [0.15, 0.2) is 23.9 Å². The Kier molecular flexibility index (Phi) is 13.1. The Balaban J connectivity index is 1.16. The van der Waals surface area contributed by atoms with E-state index in [1.54, 1.807) is 11.3 Å². The number of nitrogens with one attached hydrogen (secondary N) is 1. The number of carbonyl (C=O) groups is 2. The van der Waals surface area contributed by atoms with Crippen LogP contribution in [0.5, 0.6) is 0 Å². The van der Waals surface area contributed by atoms with E-state index in [0.717, 1.165) is 47.3 Å². The Morgan fingerprint density at radius 3 is 2.55 bits per heavy atom. The average Bonchev–Trinajstić information content (AvgIpc) is 3.50. The van der Waals surface area contributed by atoms with Gasteiger partial charge in [0.1, 0.15) is 10.0 Å². The molecule has 4 rings (SSSR count). The minimum Gasteiger partial charge on any atom is -0.349 e. The van der Waals surface area contributed by atoms with Gasteiger partial charge in [-0.05, 0) is 64.1 Å². The molecular weight excluding hydrogens is 518 g/mol. The van der Waals surface area contributed by atoms with Crippen molar-refractivity contribution >= 4 is 23.2 Å². The highest BCUT2D eigenvalue weighted by molar-refractivity contribution is 7.11. The summed E-state index contributed by atoms with van der Waals surface area (Å²) in [5.74, 6) is 0.508. The summed E-state index contributed by atoms with van der Waals surface area (Å²) in [7, 11) is 0. The molecule has 222 valence electrons. The van der Waals surface area contributed by atoms with Crippen LogP contribution in [0.1, 0.15) is 113 Å². The summed E-state index contributed by atoms with van der Waals surface area (Å²) in [5, 5.41) is 13.6. The lowest BCUT2D eigenvalue weighted by atomic mass is 9.86. The summed E-state index contributed by atoms with van der Waals surface area (Å²) < 4.78 is 0. The maximum absolute atomic E-state index is 12.9. The molecule has 0 spiro atoms. The molecule has 7 nitrogen and oxygen atoms in total. The van der Waals surface area contributed by atoms with Crippen LogP contribution < -0.4 is 5.32 Å². The Morgan fingerprint density at radius 1 is 1.02 bits per heavy atom. The molecule has 0 aromatic carbocycles. The highest BCUT2D eigenvalue weighted by Crippen LogP contribution is 2.28. The Labute approximate surface area is 245 Å². The smallest absolute Gasteiger partial charge is 0.227 e. The highest BCUT2D eigenvalue weighted by Gasteiger charge is 2.35. The van der Waals surface area contributed by atoms with Crippen LogP contribution in [-0.4, -0.2) is 58.0 Å². The van der Waals surface area contributed by atoms with E-state index >= 15 is 0 Å². The Morgan fingerprint density at radius 2 is 1.77 bits per heavy atom. The third-order valence-corrected chi connectivity index (χ3v) is 9.72. The molecule has 1 aliphatic carbocycles. The lowest BCUT2D eigenvalue weighted by molar-refractivity contribution is -0.128. The van der Waals surface area contributed by atoms with Gasteiger partial charge in [0, 0.05) is 31.5 Å². The van der Waals surface area contributed by atoms with Crippen LogP contribution >= 0.6 is 11.3 Å². The Bertz CT molecular complexity index is 976. The molecule has 1 N–H and O–H groups in total. The first-order valence-electron chi connectivity index (χ1n) is 16.1. The molecular formula is C32H51N5O2S. The lowest BCUT2D eigenvalue weighted by Gasteiger charge is -2.20. The summed E-state index contributed by atoms with van der Waals surface area (Å²) in [6.07, 6.45) is 25.2. The predicted molar refractivity (Wildman–Crippen MR) is 163 cm³/mol. The second-order valence-corrected chi connectivity index (χ2v) is 13.1. The molecule has 40 heavy (non-hydrogen) atoms. The maximum Gasteiger partial charge on any atom is 0.227 e. The first-order chi connectivity index (χ1) is 19.6. The third-order valence-electron chi connectivity index (χ3n) is 8.73. The number of aryl methyl sites for hydroxylation is 1. The summed E-state index contributed by atoms with van der Waals surface area (Å²) in [6.45, 7) is 6.63. The number of rotatable bonds is 14. The van der Waals surface area contributed by atoms with E-state index in [-0.39, 0.29) is 24.2 Å². The number of likely N-dealkylation sites (tertiary alicyclic amines) is 2. The van der Waals surface area contributed by atoms with Gasteiger partial charge in [-0.25, -0.2) is 0 Å². The first-order valence-corrected chi connectivity index (χ1v) is 16.9. The SMILES string of the molecule is CC/C=C(\CC=CCCCN1CCCCCC1)N1CC(C(=O)NCc2nnc(CCC3CCCCC3)s2)CC1=O. The molecule has 2 aliphatic heterocycles. The summed E-state index contributed by atoms with van der Waals surface area (Å²) in [5.41, 5.74) is 1.03. The minimum absolute atomic E-state index is 0.0512. The molecule has 1 aromatic heterocycles. The van der Waals surface area contributed by atoms with Crippen molar-refractivity contribution in [2.45, 2.75) is 116 Å². The second-order valence-electron chi connectivity index (χ2n) is 11.9. The van der Waals surface area contributed by atoms with Crippen LogP contribution in [0.2, 0.25) is 0 Å². The van der Waals surface area contributed by atoms with Gasteiger partial charge in [0.15, 0.2) is 0 Å². The lowest BCUT2D eigenvalue weighted by Crippen LogP contribution is -2.32. The quantitative estimate of drug-likeness (QED) is 0.207. The van der Waals surface area contributed by atoms with Gasteiger partial charge in [-0.1, -0.05) is 81.4 Å². The number of amides is 2. The van der Waals surface area contributed by atoms with Crippen molar-refractivity contribution in [3.8, 4) is 0 Å². The zero-order chi connectivity index (χ0) is 28.0. The number of unbranched alkanes of at least 4 members (excludes halogenated alkanes) is 1. The fourth-order valence-corrected chi connectivity index (χ4v) is 7.19. The molecule has 1 unspecified atom stereocenters. The molecule has 2 amide bonds. The molecule has 8 heteroatoms. The number of hydrogen-bond acceptors (Lipinski definition) is 6. The van der Waals surface area contributed by atoms with Crippen LogP contribution in [0, 0.1) is 11.8 Å². The van der Waals surface area contributed by atoms with Gasteiger partial charge in [0.2, 0.25) is 11.8 Å². The molecule has 3 aliphatic rings. The summed E-state index contributed by atoms with van der Waals surface area (Å²) in [4.78, 5) is 30.3. The number of allylic oxidation sites excluding steroid dienone is 3. The van der Waals surface area contributed by atoms with Gasteiger partial charge in [-0.15, -0.1) is 10.2 Å². The van der Waals surface area contributed by atoms with E-state index in [2.05, 4.69) is 45.6 Å². The van der Waals surface area contributed by atoms with Gasteiger partial charge < -0.3 is 15.1 Å². The van der Waals surface area contributed by atoms with Crippen molar-refractivity contribution in [2.24, 2.45) is 11.8 Å². The minimum atomic E-state index is -0.316. The maximum atomic E-state index is 12.9. The molecule has 1 saturated carbocycles. The second kappa shape index (κ2) is 17.0. The van der Waals surface area contributed by atoms with E-state index in [1.165, 1.54) is 90.3 Å². The third kappa shape index (κ3) is 10.1. The molecule has 1 aromatic rings. The number of nitrogens with zero attached hydrogens (tertiary/aromatic N) is 4. The van der Waals surface area contributed by atoms with E-state index in [1.807, 2.05) is 4.90 Å². The van der Waals surface area contributed by atoms with Gasteiger partial charge in [-0.2, -0.15) is 0 Å². The normalized spacial score (nSPS) is 21.8. The average molecular weight is 570 g/mol. The van der Waals surface area contributed by atoms with Gasteiger partial charge in [0.05, 0.1) is 12.5 Å². The largest absolute Gasteiger partial charge is 0.349 e. The fraction of sp³-hybridized carbons (Fsp3) is 0.750. The van der Waals surface area contributed by atoms with E-state index in [4.69, 9.17) is 0 Å². The monoisotopic (exact) mass is 569 g/mol. The van der Waals surface area contributed by atoms with Crippen LogP contribution in [0.4, 0.5) is 0 Å². The fourth-order valence-electron chi connectivity index (χ4n) is 6.39. The van der Waals surface area contributed by atoms with Crippen LogP contribution in [0.3, 0.4) is 0 Å². The van der Waals surface area contributed by atoms with Crippen molar-refractivity contribution < 1.29 is 9.59 Å². The molecule has 2 saturated heterocycles. The van der Waals surface area contributed by atoms with Crippen LogP contribution in [-0.2, 0) is 22.6 Å². The number of hydrogen-bond donors (Lipinski definition) is 1. The zero-order valence-electron chi connectivity index (χ0n) is 24.7. The molecule has 3 fully saturated rings. The topological polar surface area (TPSA) is 78.4 Å². The van der Waals surface area contributed by atoms with Crippen molar-refractivity contribution in [3.63, 3.8) is 0 Å². The van der Waals surface area contributed by atoms with Gasteiger partial charge in [0.25, 0.3) is 0 Å². The standard InChI is InChI=1S/C32H51N5O2S/c1-2-14-28(17-10-3-4-11-20-36-21-12-5-6-13-22-36)37-25-27(23-31(37)38)32(39)33-24-30-35-34-29(40-30)19-18-26-15-8-7-9-16-26/h3,10,14,26-27H,2,4-9,11-13,15-25H2,1H3,(H,33,39)/b10-3?,28-14+. The van der Waals surface area contributed by atoms with Gasteiger partial charge in [-0.3, -0.25) is 9.59 Å². The van der Waals surface area contributed by atoms with E-state index in [0.29, 0.717) is 13.1 Å². The molecule has 1 atom stereocenters. The summed E-state index contributed by atoms with van der Waals surface area (Å²) >= 11 is 1.61. The number of aromatic nitrogens is 2. The van der Waals surface area contributed by atoms with E-state index < -0.39 is 0 Å². The van der Waals surface area contributed by atoms with Crippen molar-refractivity contribution in [3.05, 3.63) is 33.9 Å². The predicted octanol–water partition coefficient (Wildman–Crippen LogP) is 6.41. The summed E-state index contributed by atoms with van der Waals surface area (Å²) in [6, 6.07) is 0. The van der Waals surface area contributed by atoms with Gasteiger partial charge >= 0.3 is 0 Å². The number of carbonyl (C=O) groups excluding carboxylic acids is 2. The van der Waals surface area contributed by atoms with Crippen molar-refractivity contribution in [2.75, 3.05) is 26.2 Å². The molecule has 0 bridgehead atoms. The zero-order valence-corrected chi connectivity index (χ0v) is 25.6.